The summed E-state index contributed by atoms with van der Waals surface area (Å²) in [6, 6.07) is 13.3. The minimum Gasteiger partial charge on any atom is -0.478 e. The van der Waals surface area contributed by atoms with Crippen molar-refractivity contribution in [2.75, 3.05) is 0 Å². The SMILES string of the molecule is O=C(O)c1cccc(-c2ccccc2)c1OF. The number of carboxylic acid groups (broad SMARTS) is 1. The van der Waals surface area contributed by atoms with Gasteiger partial charge >= 0.3 is 5.97 Å². The summed E-state index contributed by atoms with van der Waals surface area (Å²) in [5.41, 5.74) is 0.908. The number of halogens is 1. The van der Waals surface area contributed by atoms with Crippen LogP contribution in [0.4, 0.5) is 4.53 Å². The average Bonchev–Trinajstić information content (AvgIpc) is 2.38. The number of hydrogen-bond donors (Lipinski definition) is 1. The Morgan fingerprint density at radius 1 is 1.06 bits per heavy atom. The second-order valence-corrected chi connectivity index (χ2v) is 3.43. The van der Waals surface area contributed by atoms with E-state index < -0.39 is 5.97 Å². The fourth-order valence-electron chi connectivity index (χ4n) is 1.63. The van der Waals surface area contributed by atoms with Crippen molar-refractivity contribution in [1.29, 1.82) is 0 Å². The van der Waals surface area contributed by atoms with Gasteiger partial charge in [0.05, 0.1) is 0 Å². The lowest BCUT2D eigenvalue weighted by Gasteiger charge is -2.07. The third-order valence-corrected chi connectivity index (χ3v) is 2.41. The van der Waals surface area contributed by atoms with Crippen LogP contribution in [-0.4, -0.2) is 11.1 Å². The molecule has 1 N–H and O–H groups in total. The first-order valence-electron chi connectivity index (χ1n) is 4.94. The van der Waals surface area contributed by atoms with Crippen LogP contribution >= 0.6 is 0 Å². The molecule has 0 saturated carbocycles. The molecule has 0 spiro atoms. The molecule has 0 aromatic heterocycles. The second kappa shape index (κ2) is 4.65. The summed E-state index contributed by atoms with van der Waals surface area (Å²) in [7, 11) is 0. The molecule has 2 rings (SSSR count). The highest BCUT2D eigenvalue weighted by Crippen LogP contribution is 2.33. The van der Waals surface area contributed by atoms with Crippen LogP contribution in [0.15, 0.2) is 48.5 Å². The van der Waals surface area contributed by atoms with Gasteiger partial charge in [0.2, 0.25) is 0 Å². The van der Waals surface area contributed by atoms with E-state index in [-0.39, 0.29) is 11.3 Å². The van der Waals surface area contributed by atoms with Crippen molar-refractivity contribution in [3.05, 3.63) is 54.1 Å². The van der Waals surface area contributed by atoms with Gasteiger partial charge in [-0.25, -0.2) is 4.79 Å². The molecule has 2 aromatic rings. The van der Waals surface area contributed by atoms with Crippen LogP contribution in [0, 0.1) is 0 Å². The average molecular weight is 232 g/mol. The lowest BCUT2D eigenvalue weighted by atomic mass is 10.0. The van der Waals surface area contributed by atoms with Gasteiger partial charge in [-0.3, -0.25) is 4.94 Å². The predicted octanol–water partition coefficient (Wildman–Crippen LogP) is 3.32. The second-order valence-electron chi connectivity index (χ2n) is 3.43. The van der Waals surface area contributed by atoms with Crippen molar-refractivity contribution >= 4 is 5.97 Å². The molecule has 0 unspecified atom stereocenters. The summed E-state index contributed by atoms with van der Waals surface area (Å²) in [6.07, 6.45) is 0. The normalized spacial score (nSPS) is 9.94. The van der Waals surface area contributed by atoms with Gasteiger partial charge in [0, 0.05) is 10.1 Å². The molecule has 86 valence electrons. The quantitative estimate of drug-likeness (QED) is 0.882. The smallest absolute Gasteiger partial charge is 0.339 e. The number of carboxylic acids is 1. The number of carbonyl (C=O) groups is 1. The molecule has 2 aromatic carbocycles. The Morgan fingerprint density at radius 3 is 2.35 bits per heavy atom. The highest BCUT2D eigenvalue weighted by Gasteiger charge is 2.17. The van der Waals surface area contributed by atoms with Crippen molar-refractivity contribution in [2.24, 2.45) is 0 Å². The topological polar surface area (TPSA) is 46.5 Å². The van der Waals surface area contributed by atoms with Gasteiger partial charge in [-0.1, -0.05) is 42.5 Å². The number of aromatic carboxylic acids is 1. The number of hydrogen-bond acceptors (Lipinski definition) is 2. The Hall–Kier alpha value is -2.36. The molecule has 0 radical (unpaired) electrons. The summed E-state index contributed by atoms with van der Waals surface area (Å²) >= 11 is 0. The van der Waals surface area contributed by atoms with E-state index in [1.54, 1.807) is 36.4 Å². The van der Waals surface area contributed by atoms with Crippen LogP contribution in [0.25, 0.3) is 11.1 Å². The van der Waals surface area contributed by atoms with Crippen LogP contribution in [0.1, 0.15) is 10.4 Å². The van der Waals surface area contributed by atoms with E-state index in [9.17, 15) is 9.32 Å². The monoisotopic (exact) mass is 232 g/mol. The first kappa shape index (κ1) is 11.1. The first-order chi connectivity index (χ1) is 8.24. The molecule has 0 aliphatic rings. The zero-order chi connectivity index (χ0) is 12.3. The molecule has 0 saturated heterocycles. The Labute approximate surface area is 97.0 Å². The molecule has 0 atom stereocenters. The van der Waals surface area contributed by atoms with Crippen molar-refractivity contribution in [1.82, 2.24) is 0 Å². The molecule has 4 heteroatoms. The molecule has 17 heavy (non-hydrogen) atoms. The molecular weight excluding hydrogens is 223 g/mol. The van der Waals surface area contributed by atoms with Gasteiger partial charge in [0.1, 0.15) is 5.56 Å². The first-order valence-corrected chi connectivity index (χ1v) is 4.94. The van der Waals surface area contributed by atoms with Crippen molar-refractivity contribution in [3.63, 3.8) is 0 Å². The zero-order valence-corrected chi connectivity index (χ0v) is 8.76. The number of benzene rings is 2. The van der Waals surface area contributed by atoms with Crippen molar-refractivity contribution in [3.8, 4) is 16.9 Å². The number of para-hydroxylation sites is 1. The van der Waals surface area contributed by atoms with Crippen LogP contribution in [0.3, 0.4) is 0 Å². The van der Waals surface area contributed by atoms with Gasteiger partial charge < -0.3 is 5.11 Å². The summed E-state index contributed by atoms with van der Waals surface area (Å²) in [4.78, 5) is 14.6. The Kier molecular flexibility index (Phi) is 3.05. The van der Waals surface area contributed by atoms with E-state index in [1.807, 2.05) is 6.07 Å². The summed E-state index contributed by atoms with van der Waals surface area (Å²) in [6.45, 7) is 0. The van der Waals surface area contributed by atoms with E-state index in [2.05, 4.69) is 4.94 Å². The van der Waals surface area contributed by atoms with Crippen LogP contribution < -0.4 is 4.94 Å². The standard InChI is InChI=1S/C13H9FO3/c14-17-12-10(9-5-2-1-3-6-9)7-4-8-11(12)13(15)16/h1-8H,(H,15,16). The third kappa shape index (κ3) is 2.10. The Bertz CT molecular complexity index is 538. The van der Waals surface area contributed by atoms with E-state index in [0.717, 1.165) is 0 Å². The lowest BCUT2D eigenvalue weighted by molar-refractivity contribution is -0.00707. The van der Waals surface area contributed by atoms with Crippen molar-refractivity contribution in [2.45, 2.75) is 0 Å². The van der Waals surface area contributed by atoms with Gasteiger partial charge in [-0.15, -0.1) is 0 Å². The fraction of sp³-hybridized carbons (Fsp3) is 0. The molecule has 0 bridgehead atoms. The molecule has 0 heterocycles. The van der Waals surface area contributed by atoms with Crippen LogP contribution in [0.5, 0.6) is 5.75 Å². The summed E-state index contributed by atoms with van der Waals surface area (Å²) < 4.78 is 12.5. The minimum absolute atomic E-state index is 0.200. The maximum atomic E-state index is 12.5. The molecule has 0 amide bonds. The van der Waals surface area contributed by atoms with E-state index in [0.29, 0.717) is 11.1 Å². The molecule has 3 nitrogen and oxygen atoms in total. The van der Waals surface area contributed by atoms with Crippen molar-refractivity contribution < 1.29 is 19.4 Å². The van der Waals surface area contributed by atoms with E-state index in [1.165, 1.54) is 6.07 Å². The Morgan fingerprint density at radius 2 is 1.76 bits per heavy atom. The van der Waals surface area contributed by atoms with Gasteiger partial charge in [0.25, 0.3) is 0 Å². The van der Waals surface area contributed by atoms with Gasteiger partial charge in [-0.2, -0.15) is 0 Å². The lowest BCUT2D eigenvalue weighted by Crippen LogP contribution is -2.00. The highest BCUT2D eigenvalue weighted by molar-refractivity contribution is 5.94. The van der Waals surface area contributed by atoms with E-state index >= 15 is 0 Å². The zero-order valence-electron chi connectivity index (χ0n) is 8.76. The van der Waals surface area contributed by atoms with E-state index in [4.69, 9.17) is 5.11 Å². The predicted molar refractivity (Wildman–Crippen MR) is 60.6 cm³/mol. The number of rotatable bonds is 3. The Balaban J connectivity index is 2.63. The fourth-order valence-corrected chi connectivity index (χ4v) is 1.63. The summed E-state index contributed by atoms with van der Waals surface area (Å²) in [5.74, 6) is -1.50. The summed E-state index contributed by atoms with van der Waals surface area (Å²) in [5, 5.41) is 8.92. The molecule has 0 aliphatic carbocycles. The maximum absolute atomic E-state index is 12.5. The van der Waals surface area contributed by atoms with Crippen LogP contribution in [0.2, 0.25) is 0 Å². The minimum atomic E-state index is -1.23. The highest BCUT2D eigenvalue weighted by atomic mass is 19.3. The van der Waals surface area contributed by atoms with Gasteiger partial charge in [0.15, 0.2) is 5.75 Å². The third-order valence-electron chi connectivity index (χ3n) is 2.41. The molecule has 0 aliphatic heterocycles. The maximum Gasteiger partial charge on any atom is 0.339 e. The van der Waals surface area contributed by atoms with Gasteiger partial charge in [-0.05, 0) is 11.6 Å². The van der Waals surface area contributed by atoms with Crippen LogP contribution in [-0.2, 0) is 0 Å². The largest absolute Gasteiger partial charge is 0.478 e. The molecular formula is C13H9FO3. The molecule has 0 fully saturated rings.